The highest BCUT2D eigenvalue weighted by Crippen LogP contribution is 2.27. The van der Waals surface area contributed by atoms with E-state index >= 15 is 0 Å². The molecule has 2 N–H and O–H groups in total. The van der Waals surface area contributed by atoms with Crippen LogP contribution in [0, 0.1) is 19.7 Å². The topological polar surface area (TPSA) is 35.2 Å². The zero-order valence-corrected chi connectivity index (χ0v) is 12.1. The predicted octanol–water partition coefficient (Wildman–Crippen LogP) is 3.91. The first-order valence-corrected chi connectivity index (χ1v) is 6.72. The molecule has 2 nitrogen and oxygen atoms in total. The lowest BCUT2D eigenvalue weighted by atomic mass is 10.0. The van der Waals surface area contributed by atoms with Crippen molar-refractivity contribution in [3.8, 4) is 5.75 Å². The normalized spacial score (nSPS) is 13.8. The summed E-state index contributed by atoms with van der Waals surface area (Å²) in [6.45, 7) is 5.83. The van der Waals surface area contributed by atoms with Gasteiger partial charge in [0, 0.05) is 11.6 Å². The van der Waals surface area contributed by atoms with E-state index in [1.54, 1.807) is 18.2 Å². The third-order valence-electron chi connectivity index (χ3n) is 3.15. The van der Waals surface area contributed by atoms with Gasteiger partial charge in [-0.15, -0.1) is 0 Å². The van der Waals surface area contributed by atoms with Gasteiger partial charge in [0.05, 0.1) is 0 Å². The average Bonchev–Trinajstić information content (AvgIpc) is 2.35. The van der Waals surface area contributed by atoms with Crippen LogP contribution in [0.2, 0.25) is 0 Å². The van der Waals surface area contributed by atoms with Crippen LogP contribution in [0.5, 0.6) is 5.75 Å². The molecule has 106 valence electrons. The summed E-state index contributed by atoms with van der Waals surface area (Å²) < 4.78 is 19.9. The molecule has 0 saturated carbocycles. The lowest BCUT2D eigenvalue weighted by Gasteiger charge is -2.23. The fraction of sp³-hybridized carbons (Fsp3) is 0.294. The molecule has 0 aromatic heterocycles. The molecule has 2 aromatic rings. The Labute approximate surface area is 119 Å². The van der Waals surface area contributed by atoms with Gasteiger partial charge >= 0.3 is 0 Å². The highest BCUT2D eigenvalue weighted by Gasteiger charge is 2.21. The summed E-state index contributed by atoms with van der Waals surface area (Å²) in [7, 11) is 0. The van der Waals surface area contributed by atoms with Crippen molar-refractivity contribution in [1.29, 1.82) is 0 Å². The minimum Gasteiger partial charge on any atom is -0.484 e. The predicted molar refractivity (Wildman–Crippen MR) is 79.3 cm³/mol. The molecule has 20 heavy (non-hydrogen) atoms. The Morgan fingerprint density at radius 2 is 1.65 bits per heavy atom. The van der Waals surface area contributed by atoms with Gasteiger partial charge in [-0.25, -0.2) is 4.39 Å². The van der Waals surface area contributed by atoms with E-state index in [-0.39, 0.29) is 11.9 Å². The summed E-state index contributed by atoms with van der Waals surface area (Å²) in [5.74, 6) is 0.423. The first-order chi connectivity index (χ1) is 9.47. The number of hydrogen-bond acceptors (Lipinski definition) is 2. The zero-order valence-electron chi connectivity index (χ0n) is 12.1. The standard InChI is InChI=1S/C17H20FNO/c1-11-8-12(2)10-14(9-11)20-17(13(3)19)15-6-4-5-7-16(15)18/h4-10,13,17H,19H2,1-3H3. The van der Waals surface area contributed by atoms with Crippen molar-refractivity contribution in [2.45, 2.75) is 32.9 Å². The van der Waals surface area contributed by atoms with Gasteiger partial charge in [0.1, 0.15) is 17.7 Å². The van der Waals surface area contributed by atoms with Crippen LogP contribution in [0.25, 0.3) is 0 Å². The third-order valence-corrected chi connectivity index (χ3v) is 3.15. The molecule has 0 spiro atoms. The summed E-state index contributed by atoms with van der Waals surface area (Å²) in [6.07, 6.45) is -0.502. The smallest absolute Gasteiger partial charge is 0.141 e. The fourth-order valence-electron chi connectivity index (χ4n) is 2.31. The molecule has 0 amide bonds. The van der Waals surface area contributed by atoms with Crippen molar-refractivity contribution in [2.24, 2.45) is 5.73 Å². The van der Waals surface area contributed by atoms with Gasteiger partial charge in [-0.1, -0.05) is 24.3 Å². The largest absolute Gasteiger partial charge is 0.484 e. The molecule has 2 atom stereocenters. The van der Waals surface area contributed by atoms with Crippen LogP contribution in [0.1, 0.15) is 29.7 Å². The summed E-state index contributed by atoms with van der Waals surface area (Å²) in [6, 6.07) is 12.2. The Bertz CT molecular complexity index is 575. The van der Waals surface area contributed by atoms with E-state index in [0.717, 1.165) is 11.1 Å². The monoisotopic (exact) mass is 273 g/mol. The molecule has 0 bridgehead atoms. The quantitative estimate of drug-likeness (QED) is 0.916. The Hall–Kier alpha value is -1.87. The van der Waals surface area contributed by atoms with Crippen LogP contribution in [-0.4, -0.2) is 6.04 Å². The van der Waals surface area contributed by atoms with E-state index in [4.69, 9.17) is 10.5 Å². The fourth-order valence-corrected chi connectivity index (χ4v) is 2.31. The summed E-state index contributed by atoms with van der Waals surface area (Å²) >= 11 is 0. The van der Waals surface area contributed by atoms with Gasteiger partial charge in [0.15, 0.2) is 0 Å². The Morgan fingerprint density at radius 1 is 1.05 bits per heavy atom. The molecule has 0 aliphatic rings. The number of rotatable bonds is 4. The number of nitrogens with two attached hydrogens (primary N) is 1. The maximum Gasteiger partial charge on any atom is 0.141 e. The van der Waals surface area contributed by atoms with Crippen molar-refractivity contribution < 1.29 is 9.13 Å². The van der Waals surface area contributed by atoms with Crippen molar-refractivity contribution in [3.63, 3.8) is 0 Å². The first-order valence-electron chi connectivity index (χ1n) is 6.72. The van der Waals surface area contributed by atoms with Gasteiger partial charge in [0.25, 0.3) is 0 Å². The number of halogens is 1. The molecule has 2 unspecified atom stereocenters. The highest BCUT2D eigenvalue weighted by atomic mass is 19.1. The van der Waals surface area contributed by atoms with E-state index < -0.39 is 6.10 Å². The number of ether oxygens (including phenoxy) is 1. The lowest BCUT2D eigenvalue weighted by molar-refractivity contribution is 0.175. The zero-order chi connectivity index (χ0) is 14.7. The molecule has 0 heterocycles. The maximum absolute atomic E-state index is 13.9. The van der Waals surface area contributed by atoms with Gasteiger partial charge in [-0.2, -0.15) is 0 Å². The van der Waals surface area contributed by atoms with Crippen LogP contribution in [0.4, 0.5) is 4.39 Å². The van der Waals surface area contributed by atoms with Crippen LogP contribution in [0.3, 0.4) is 0 Å². The molecule has 0 saturated heterocycles. The Morgan fingerprint density at radius 3 is 2.20 bits per heavy atom. The number of hydrogen-bond donors (Lipinski definition) is 1. The summed E-state index contributed by atoms with van der Waals surface area (Å²) in [5, 5.41) is 0. The average molecular weight is 273 g/mol. The molecule has 0 fully saturated rings. The van der Waals surface area contributed by atoms with Gasteiger partial charge in [0.2, 0.25) is 0 Å². The van der Waals surface area contributed by atoms with E-state index in [1.165, 1.54) is 6.07 Å². The van der Waals surface area contributed by atoms with Gasteiger partial charge < -0.3 is 10.5 Å². The molecule has 0 radical (unpaired) electrons. The van der Waals surface area contributed by atoms with Crippen LogP contribution in [-0.2, 0) is 0 Å². The molecule has 2 rings (SSSR count). The SMILES string of the molecule is Cc1cc(C)cc(OC(c2ccccc2F)C(C)N)c1. The van der Waals surface area contributed by atoms with E-state index in [1.807, 2.05) is 32.9 Å². The van der Waals surface area contributed by atoms with Crippen molar-refractivity contribution in [3.05, 3.63) is 65.0 Å². The second-order valence-electron chi connectivity index (χ2n) is 5.24. The van der Waals surface area contributed by atoms with E-state index in [0.29, 0.717) is 11.3 Å². The van der Waals surface area contributed by atoms with E-state index in [2.05, 4.69) is 6.07 Å². The Kier molecular flexibility index (Phi) is 4.40. The molecule has 0 aliphatic carbocycles. The van der Waals surface area contributed by atoms with Crippen molar-refractivity contribution in [2.75, 3.05) is 0 Å². The second-order valence-corrected chi connectivity index (χ2v) is 5.24. The van der Waals surface area contributed by atoms with Crippen molar-refractivity contribution in [1.82, 2.24) is 0 Å². The first kappa shape index (κ1) is 14.5. The number of benzene rings is 2. The molecule has 2 aromatic carbocycles. The van der Waals surface area contributed by atoms with Crippen LogP contribution >= 0.6 is 0 Å². The van der Waals surface area contributed by atoms with Crippen molar-refractivity contribution >= 4 is 0 Å². The summed E-state index contributed by atoms with van der Waals surface area (Å²) in [4.78, 5) is 0. The molecule has 0 aliphatic heterocycles. The van der Waals surface area contributed by atoms with Gasteiger partial charge in [-0.3, -0.25) is 0 Å². The highest BCUT2D eigenvalue weighted by molar-refractivity contribution is 5.34. The minimum absolute atomic E-state index is 0.292. The van der Waals surface area contributed by atoms with Crippen LogP contribution < -0.4 is 10.5 Å². The minimum atomic E-state index is -0.502. The molecule has 3 heteroatoms. The Balaban J connectivity index is 2.33. The van der Waals surface area contributed by atoms with Gasteiger partial charge in [-0.05, 0) is 50.1 Å². The third kappa shape index (κ3) is 3.36. The molecular weight excluding hydrogens is 253 g/mol. The molecular formula is C17H20FNO. The maximum atomic E-state index is 13.9. The second kappa shape index (κ2) is 6.06. The summed E-state index contributed by atoms with van der Waals surface area (Å²) in [5.41, 5.74) is 8.67. The number of aryl methyl sites for hydroxylation is 2. The van der Waals surface area contributed by atoms with Crippen LogP contribution in [0.15, 0.2) is 42.5 Å². The van der Waals surface area contributed by atoms with E-state index in [9.17, 15) is 4.39 Å². The lowest BCUT2D eigenvalue weighted by Crippen LogP contribution is -2.29.